The Morgan fingerprint density at radius 1 is 1.19 bits per heavy atom. The van der Waals surface area contributed by atoms with Gasteiger partial charge in [0.25, 0.3) is 0 Å². The van der Waals surface area contributed by atoms with Crippen LogP contribution in [-0.4, -0.2) is 32.1 Å². The SMILES string of the molecule is CNC(=O)Nc1ccc(NC(=O)CC2CCCNC2)cc1. The number of urea groups is 1. The third-order valence-corrected chi connectivity index (χ3v) is 3.53. The first-order chi connectivity index (χ1) is 10.2. The number of amides is 3. The van der Waals surface area contributed by atoms with Crippen LogP contribution >= 0.6 is 0 Å². The van der Waals surface area contributed by atoms with Crippen molar-refractivity contribution in [2.24, 2.45) is 5.92 Å². The molecule has 4 N–H and O–H groups in total. The summed E-state index contributed by atoms with van der Waals surface area (Å²) in [5.41, 5.74) is 1.43. The molecule has 1 aromatic rings. The zero-order valence-corrected chi connectivity index (χ0v) is 12.2. The van der Waals surface area contributed by atoms with Gasteiger partial charge < -0.3 is 21.3 Å². The largest absolute Gasteiger partial charge is 0.341 e. The van der Waals surface area contributed by atoms with Crippen molar-refractivity contribution in [1.82, 2.24) is 10.6 Å². The minimum Gasteiger partial charge on any atom is -0.341 e. The maximum absolute atomic E-state index is 12.0. The number of hydrogen-bond acceptors (Lipinski definition) is 3. The highest BCUT2D eigenvalue weighted by molar-refractivity contribution is 5.92. The van der Waals surface area contributed by atoms with E-state index in [1.54, 1.807) is 31.3 Å². The fraction of sp³-hybridized carbons (Fsp3) is 0.467. The van der Waals surface area contributed by atoms with Gasteiger partial charge in [0.15, 0.2) is 0 Å². The third kappa shape index (κ3) is 5.07. The lowest BCUT2D eigenvalue weighted by Crippen LogP contribution is -2.32. The minimum atomic E-state index is -0.267. The maximum atomic E-state index is 12.0. The summed E-state index contributed by atoms with van der Waals surface area (Å²) in [6.07, 6.45) is 2.79. The van der Waals surface area contributed by atoms with E-state index in [0.717, 1.165) is 31.6 Å². The van der Waals surface area contributed by atoms with Gasteiger partial charge in [-0.05, 0) is 56.1 Å². The highest BCUT2D eigenvalue weighted by Gasteiger charge is 2.16. The Bertz CT molecular complexity index is 481. The van der Waals surface area contributed by atoms with Gasteiger partial charge in [-0.1, -0.05) is 0 Å². The van der Waals surface area contributed by atoms with Gasteiger partial charge in [-0.15, -0.1) is 0 Å². The lowest BCUT2D eigenvalue weighted by Gasteiger charge is -2.22. The van der Waals surface area contributed by atoms with E-state index in [0.29, 0.717) is 18.0 Å². The van der Waals surface area contributed by atoms with E-state index >= 15 is 0 Å². The molecular formula is C15H22N4O2. The predicted octanol–water partition coefficient (Wildman–Crippen LogP) is 1.77. The number of hydrogen-bond donors (Lipinski definition) is 4. The van der Waals surface area contributed by atoms with Gasteiger partial charge in [-0.25, -0.2) is 4.79 Å². The van der Waals surface area contributed by atoms with Gasteiger partial charge in [0.2, 0.25) is 5.91 Å². The molecule has 0 radical (unpaired) electrons. The van der Waals surface area contributed by atoms with Crippen molar-refractivity contribution in [2.75, 3.05) is 30.8 Å². The Morgan fingerprint density at radius 2 is 1.86 bits per heavy atom. The van der Waals surface area contributed by atoms with Crippen molar-refractivity contribution >= 4 is 23.3 Å². The van der Waals surface area contributed by atoms with Crippen LogP contribution in [-0.2, 0) is 4.79 Å². The van der Waals surface area contributed by atoms with Crippen LogP contribution in [0.15, 0.2) is 24.3 Å². The van der Waals surface area contributed by atoms with Gasteiger partial charge in [0, 0.05) is 24.8 Å². The van der Waals surface area contributed by atoms with Gasteiger partial charge >= 0.3 is 6.03 Å². The molecule has 1 heterocycles. The van der Waals surface area contributed by atoms with Crippen LogP contribution in [0.25, 0.3) is 0 Å². The van der Waals surface area contributed by atoms with Crippen LogP contribution in [0.2, 0.25) is 0 Å². The molecule has 3 amide bonds. The Labute approximate surface area is 124 Å². The molecule has 2 rings (SSSR count). The van der Waals surface area contributed by atoms with E-state index in [-0.39, 0.29) is 11.9 Å². The fourth-order valence-electron chi connectivity index (χ4n) is 2.40. The molecule has 0 saturated carbocycles. The number of nitrogens with one attached hydrogen (secondary N) is 4. The van der Waals surface area contributed by atoms with E-state index in [2.05, 4.69) is 21.3 Å². The van der Waals surface area contributed by atoms with E-state index < -0.39 is 0 Å². The second-order valence-electron chi connectivity index (χ2n) is 5.25. The normalized spacial score (nSPS) is 17.9. The number of anilines is 2. The van der Waals surface area contributed by atoms with Gasteiger partial charge in [0.05, 0.1) is 0 Å². The van der Waals surface area contributed by atoms with E-state index in [9.17, 15) is 9.59 Å². The maximum Gasteiger partial charge on any atom is 0.318 e. The molecule has 1 aromatic carbocycles. The first kappa shape index (κ1) is 15.3. The van der Waals surface area contributed by atoms with E-state index in [4.69, 9.17) is 0 Å². The number of piperidine rings is 1. The van der Waals surface area contributed by atoms with Crippen molar-refractivity contribution in [3.63, 3.8) is 0 Å². The van der Waals surface area contributed by atoms with Crippen LogP contribution in [0.3, 0.4) is 0 Å². The van der Waals surface area contributed by atoms with Crippen LogP contribution in [0.4, 0.5) is 16.2 Å². The zero-order chi connectivity index (χ0) is 15.1. The Balaban J connectivity index is 1.81. The molecule has 1 unspecified atom stereocenters. The minimum absolute atomic E-state index is 0.0377. The molecule has 6 heteroatoms. The molecule has 0 bridgehead atoms. The quantitative estimate of drug-likeness (QED) is 0.682. The summed E-state index contributed by atoms with van der Waals surface area (Å²) in [6, 6.07) is 6.81. The van der Waals surface area contributed by atoms with Gasteiger partial charge in [-0.2, -0.15) is 0 Å². The molecule has 1 atom stereocenters. The van der Waals surface area contributed by atoms with Crippen molar-refractivity contribution in [3.8, 4) is 0 Å². The van der Waals surface area contributed by atoms with E-state index in [1.165, 1.54) is 0 Å². The smallest absolute Gasteiger partial charge is 0.318 e. The number of carbonyl (C=O) groups excluding carboxylic acids is 2. The monoisotopic (exact) mass is 290 g/mol. The predicted molar refractivity (Wildman–Crippen MR) is 83.4 cm³/mol. The van der Waals surface area contributed by atoms with Crippen molar-refractivity contribution in [3.05, 3.63) is 24.3 Å². The van der Waals surface area contributed by atoms with Crippen molar-refractivity contribution in [2.45, 2.75) is 19.3 Å². The van der Waals surface area contributed by atoms with Crippen LogP contribution < -0.4 is 21.3 Å². The standard InChI is InChI=1S/C15H22N4O2/c1-16-15(21)19-13-6-4-12(5-7-13)18-14(20)9-11-3-2-8-17-10-11/h4-7,11,17H,2-3,8-10H2,1H3,(H,18,20)(H2,16,19,21). The Morgan fingerprint density at radius 3 is 2.43 bits per heavy atom. The van der Waals surface area contributed by atoms with Gasteiger partial charge in [-0.3, -0.25) is 4.79 Å². The first-order valence-corrected chi connectivity index (χ1v) is 7.27. The number of rotatable bonds is 4. The summed E-state index contributed by atoms with van der Waals surface area (Å²) in [5, 5.41) is 11.3. The highest BCUT2D eigenvalue weighted by Crippen LogP contribution is 2.17. The number of carbonyl (C=O) groups is 2. The van der Waals surface area contributed by atoms with Gasteiger partial charge in [0.1, 0.15) is 0 Å². The second-order valence-corrected chi connectivity index (χ2v) is 5.25. The number of benzene rings is 1. The molecule has 1 aliphatic rings. The summed E-state index contributed by atoms with van der Waals surface area (Å²) in [4.78, 5) is 23.1. The zero-order valence-electron chi connectivity index (χ0n) is 12.2. The second kappa shape index (κ2) is 7.64. The Kier molecular flexibility index (Phi) is 5.57. The van der Waals surface area contributed by atoms with Crippen molar-refractivity contribution in [1.29, 1.82) is 0 Å². The summed E-state index contributed by atoms with van der Waals surface area (Å²) in [7, 11) is 1.56. The molecule has 1 fully saturated rings. The molecular weight excluding hydrogens is 268 g/mol. The Hall–Kier alpha value is -2.08. The van der Waals surface area contributed by atoms with Crippen molar-refractivity contribution < 1.29 is 9.59 Å². The molecule has 1 aliphatic heterocycles. The average Bonchev–Trinajstić information content (AvgIpc) is 2.50. The molecule has 0 spiro atoms. The van der Waals surface area contributed by atoms with Crippen LogP contribution in [0.5, 0.6) is 0 Å². The van der Waals surface area contributed by atoms with Crippen LogP contribution in [0, 0.1) is 5.92 Å². The molecule has 6 nitrogen and oxygen atoms in total. The lowest BCUT2D eigenvalue weighted by molar-refractivity contribution is -0.117. The molecule has 1 saturated heterocycles. The third-order valence-electron chi connectivity index (χ3n) is 3.53. The molecule has 0 aromatic heterocycles. The van der Waals surface area contributed by atoms with E-state index in [1.807, 2.05) is 0 Å². The lowest BCUT2D eigenvalue weighted by atomic mass is 9.96. The summed E-state index contributed by atoms with van der Waals surface area (Å²) >= 11 is 0. The summed E-state index contributed by atoms with van der Waals surface area (Å²) in [6.45, 7) is 1.97. The summed E-state index contributed by atoms with van der Waals surface area (Å²) < 4.78 is 0. The van der Waals surface area contributed by atoms with Crippen LogP contribution in [0.1, 0.15) is 19.3 Å². The molecule has 21 heavy (non-hydrogen) atoms. The topological polar surface area (TPSA) is 82.3 Å². The summed E-state index contributed by atoms with van der Waals surface area (Å²) in [5.74, 6) is 0.462. The highest BCUT2D eigenvalue weighted by atomic mass is 16.2. The molecule has 0 aliphatic carbocycles. The first-order valence-electron chi connectivity index (χ1n) is 7.27. The molecule has 114 valence electrons. The fourth-order valence-corrected chi connectivity index (χ4v) is 2.40. The average molecular weight is 290 g/mol.